The fraction of sp³-hybridized carbons (Fsp3) is 0.125. The Balaban J connectivity index is 2.85. The van der Waals surface area contributed by atoms with E-state index < -0.39 is 23.3 Å². The maximum absolute atomic E-state index is 12.7. The van der Waals surface area contributed by atoms with Crippen molar-refractivity contribution in [1.82, 2.24) is 9.97 Å². The van der Waals surface area contributed by atoms with Gasteiger partial charge >= 0.3 is 6.18 Å². The van der Waals surface area contributed by atoms with Gasteiger partial charge in [-0.3, -0.25) is 0 Å². The zero-order chi connectivity index (χ0) is 11.2. The summed E-state index contributed by atoms with van der Waals surface area (Å²) in [5, 5.41) is 0. The van der Waals surface area contributed by atoms with Crippen LogP contribution in [0.5, 0.6) is 0 Å². The zero-order valence-electron chi connectivity index (χ0n) is 6.99. The van der Waals surface area contributed by atoms with Crippen molar-refractivity contribution in [3.05, 3.63) is 28.2 Å². The van der Waals surface area contributed by atoms with Crippen molar-refractivity contribution in [3.8, 4) is 0 Å². The zero-order valence-corrected chi connectivity index (χ0v) is 8.58. The smallest absolute Gasteiger partial charge is 0.314 e. The van der Waals surface area contributed by atoms with Crippen molar-refractivity contribution in [2.45, 2.75) is 6.18 Å². The number of hydrogen-bond donors (Lipinski definition) is 1. The Labute approximate surface area is 89.4 Å². The number of H-pyrrole nitrogens is 1. The normalized spacial score (nSPS) is 12.3. The largest absolute Gasteiger partial charge is 0.419 e. The number of alkyl halides is 3. The van der Waals surface area contributed by atoms with Gasteiger partial charge in [0.05, 0.1) is 11.1 Å². The molecular weight excluding hydrogens is 280 g/mol. The number of imidazole rings is 1. The molecule has 80 valence electrons. The first-order valence-corrected chi connectivity index (χ1v) is 4.60. The van der Waals surface area contributed by atoms with E-state index in [1.165, 1.54) is 12.1 Å². The van der Waals surface area contributed by atoms with Gasteiger partial charge in [0.25, 0.3) is 6.08 Å². The third-order valence-corrected chi connectivity index (χ3v) is 2.52. The molecule has 0 saturated heterocycles. The lowest BCUT2D eigenvalue weighted by Crippen LogP contribution is -2.07. The SMILES string of the molecule is Fc1nc2c(C(F)(F)F)c(Br)ccc2[nH]1. The van der Waals surface area contributed by atoms with Gasteiger partial charge in [0.2, 0.25) is 0 Å². The Hall–Kier alpha value is -1.11. The van der Waals surface area contributed by atoms with E-state index in [1.807, 2.05) is 0 Å². The van der Waals surface area contributed by atoms with E-state index in [2.05, 4.69) is 25.9 Å². The number of halogens is 5. The van der Waals surface area contributed by atoms with Gasteiger partial charge in [0.15, 0.2) is 0 Å². The summed E-state index contributed by atoms with van der Waals surface area (Å²) < 4.78 is 50.3. The molecule has 0 fully saturated rings. The molecule has 0 aliphatic carbocycles. The second-order valence-corrected chi connectivity index (χ2v) is 3.70. The van der Waals surface area contributed by atoms with Gasteiger partial charge in [0.1, 0.15) is 5.52 Å². The number of fused-ring (bicyclic) bond motifs is 1. The first kappa shape index (κ1) is 10.4. The van der Waals surface area contributed by atoms with E-state index in [-0.39, 0.29) is 9.99 Å². The molecule has 1 aromatic carbocycles. The standard InChI is InChI=1S/C8H3BrF4N2/c9-3-1-2-4-6(15-7(10)14-4)5(3)8(11,12)13/h1-2H,(H,14,15). The summed E-state index contributed by atoms with van der Waals surface area (Å²) in [7, 11) is 0. The quantitative estimate of drug-likeness (QED) is 0.737. The number of aromatic amines is 1. The van der Waals surface area contributed by atoms with Crippen LogP contribution in [0.2, 0.25) is 0 Å². The van der Waals surface area contributed by atoms with Crippen LogP contribution in [0.15, 0.2) is 16.6 Å². The van der Waals surface area contributed by atoms with Crippen LogP contribution in [-0.4, -0.2) is 9.97 Å². The number of nitrogens with zero attached hydrogens (tertiary/aromatic N) is 1. The summed E-state index contributed by atoms with van der Waals surface area (Å²) in [6.07, 6.45) is -5.60. The topological polar surface area (TPSA) is 28.7 Å². The highest BCUT2D eigenvalue weighted by Crippen LogP contribution is 2.38. The van der Waals surface area contributed by atoms with E-state index in [0.29, 0.717) is 0 Å². The molecule has 0 saturated carbocycles. The first-order chi connectivity index (χ1) is 6.89. The Kier molecular flexibility index (Phi) is 2.22. The molecule has 2 rings (SSSR count). The van der Waals surface area contributed by atoms with Crippen molar-refractivity contribution < 1.29 is 17.6 Å². The first-order valence-electron chi connectivity index (χ1n) is 3.80. The average molecular weight is 283 g/mol. The van der Waals surface area contributed by atoms with Crippen LogP contribution in [0.1, 0.15) is 5.56 Å². The third-order valence-electron chi connectivity index (χ3n) is 1.86. The monoisotopic (exact) mass is 282 g/mol. The van der Waals surface area contributed by atoms with E-state index in [1.54, 1.807) is 0 Å². The minimum absolute atomic E-state index is 0.0167. The van der Waals surface area contributed by atoms with Crippen LogP contribution in [0, 0.1) is 6.08 Å². The molecule has 1 N–H and O–H groups in total. The highest BCUT2D eigenvalue weighted by atomic mass is 79.9. The lowest BCUT2D eigenvalue weighted by atomic mass is 10.2. The van der Waals surface area contributed by atoms with Crippen LogP contribution < -0.4 is 0 Å². The molecule has 0 aliphatic rings. The molecule has 0 atom stereocenters. The lowest BCUT2D eigenvalue weighted by Gasteiger charge is -2.08. The van der Waals surface area contributed by atoms with Gasteiger partial charge in [0, 0.05) is 4.47 Å². The summed E-state index contributed by atoms with van der Waals surface area (Å²) in [5.74, 6) is 0. The van der Waals surface area contributed by atoms with Crippen LogP contribution in [0.25, 0.3) is 11.0 Å². The molecule has 0 aliphatic heterocycles. The Morgan fingerprint density at radius 1 is 1.27 bits per heavy atom. The van der Waals surface area contributed by atoms with Gasteiger partial charge in [-0.25, -0.2) is 4.98 Å². The summed E-state index contributed by atoms with van der Waals surface area (Å²) in [4.78, 5) is 5.27. The number of hydrogen-bond acceptors (Lipinski definition) is 1. The number of nitrogens with one attached hydrogen (secondary N) is 1. The molecule has 0 bridgehead atoms. The molecule has 2 nitrogen and oxygen atoms in total. The van der Waals surface area contributed by atoms with Crippen molar-refractivity contribution in [2.24, 2.45) is 0 Å². The van der Waals surface area contributed by atoms with Gasteiger partial charge in [-0.05, 0) is 12.1 Å². The molecule has 0 unspecified atom stereocenters. The Morgan fingerprint density at radius 2 is 1.93 bits per heavy atom. The van der Waals surface area contributed by atoms with Gasteiger partial charge in [-0.2, -0.15) is 17.6 Å². The van der Waals surface area contributed by atoms with Crippen LogP contribution >= 0.6 is 15.9 Å². The van der Waals surface area contributed by atoms with E-state index >= 15 is 0 Å². The fourth-order valence-corrected chi connectivity index (χ4v) is 1.84. The average Bonchev–Trinajstić information content (AvgIpc) is 2.41. The maximum Gasteiger partial charge on any atom is 0.419 e. The highest BCUT2D eigenvalue weighted by molar-refractivity contribution is 9.10. The maximum atomic E-state index is 12.7. The molecule has 7 heteroatoms. The van der Waals surface area contributed by atoms with E-state index in [0.717, 1.165) is 0 Å². The highest BCUT2D eigenvalue weighted by Gasteiger charge is 2.36. The van der Waals surface area contributed by atoms with Crippen molar-refractivity contribution in [3.63, 3.8) is 0 Å². The summed E-state index contributed by atoms with van der Waals surface area (Å²) in [5.41, 5.74) is -1.38. The number of benzene rings is 1. The van der Waals surface area contributed by atoms with Gasteiger partial charge < -0.3 is 4.98 Å². The van der Waals surface area contributed by atoms with Gasteiger partial charge in [-0.15, -0.1) is 0 Å². The predicted molar refractivity (Wildman–Crippen MR) is 48.8 cm³/mol. The summed E-state index contributed by atoms with van der Waals surface area (Å²) in [6.45, 7) is 0. The molecule has 0 radical (unpaired) electrons. The predicted octanol–water partition coefficient (Wildman–Crippen LogP) is 3.48. The second kappa shape index (κ2) is 3.19. The summed E-state index contributed by atoms with van der Waals surface area (Å²) >= 11 is 2.77. The lowest BCUT2D eigenvalue weighted by molar-refractivity contribution is -0.137. The molecule has 1 heterocycles. The van der Waals surface area contributed by atoms with Crippen molar-refractivity contribution in [2.75, 3.05) is 0 Å². The molecule has 15 heavy (non-hydrogen) atoms. The van der Waals surface area contributed by atoms with Gasteiger partial charge in [-0.1, -0.05) is 15.9 Å². The molecular formula is C8H3BrF4N2. The minimum atomic E-state index is -4.57. The Morgan fingerprint density at radius 3 is 2.53 bits per heavy atom. The van der Waals surface area contributed by atoms with E-state index in [9.17, 15) is 17.6 Å². The van der Waals surface area contributed by atoms with Crippen LogP contribution in [-0.2, 0) is 6.18 Å². The molecule has 0 amide bonds. The van der Waals surface area contributed by atoms with E-state index in [4.69, 9.17) is 0 Å². The number of rotatable bonds is 0. The minimum Gasteiger partial charge on any atom is -0.314 e. The van der Waals surface area contributed by atoms with Crippen molar-refractivity contribution >= 4 is 27.0 Å². The second-order valence-electron chi connectivity index (χ2n) is 2.84. The third kappa shape index (κ3) is 1.71. The molecule has 1 aromatic heterocycles. The summed E-state index contributed by atoms with van der Waals surface area (Å²) in [6, 6.07) is 2.52. The Bertz CT molecular complexity index is 517. The van der Waals surface area contributed by atoms with Crippen molar-refractivity contribution in [1.29, 1.82) is 0 Å². The van der Waals surface area contributed by atoms with Crippen LogP contribution in [0.3, 0.4) is 0 Å². The molecule has 0 spiro atoms. The number of aromatic nitrogens is 2. The van der Waals surface area contributed by atoms with Crippen LogP contribution in [0.4, 0.5) is 17.6 Å². The molecule has 2 aromatic rings. The fourth-order valence-electron chi connectivity index (χ4n) is 1.29.